The minimum Gasteiger partial charge on any atom is -0.394 e. The first-order valence-corrected chi connectivity index (χ1v) is 10.1. The van der Waals surface area contributed by atoms with Gasteiger partial charge in [-0.2, -0.15) is 9.61 Å². The number of carbonyl (C=O) groups is 1. The van der Waals surface area contributed by atoms with E-state index in [1.54, 1.807) is 22.8 Å². The van der Waals surface area contributed by atoms with Crippen molar-refractivity contribution in [1.29, 1.82) is 0 Å². The van der Waals surface area contributed by atoms with Gasteiger partial charge in [0, 0.05) is 30.6 Å². The normalized spacial score (nSPS) is 17.6. The third-order valence-electron chi connectivity index (χ3n) is 5.68. The fraction of sp³-hybridized carbons (Fsp3) is 0.429. The molecule has 1 amide bonds. The predicted octanol–water partition coefficient (Wildman–Crippen LogP) is 2.85. The lowest BCUT2D eigenvalue weighted by molar-refractivity contribution is 0.102. The molecule has 1 saturated heterocycles. The van der Waals surface area contributed by atoms with Crippen LogP contribution in [-0.4, -0.2) is 49.8 Å². The molecule has 4 rings (SSSR count). The van der Waals surface area contributed by atoms with Crippen LogP contribution < -0.4 is 10.2 Å². The first kappa shape index (κ1) is 19.3. The van der Waals surface area contributed by atoms with Gasteiger partial charge in [-0.05, 0) is 37.3 Å². The average molecular weight is 394 g/mol. The predicted molar refractivity (Wildman–Crippen MR) is 111 cm³/mol. The van der Waals surface area contributed by atoms with Crippen LogP contribution >= 0.6 is 0 Å². The maximum atomic E-state index is 12.7. The Bertz CT molecular complexity index is 1000. The Labute approximate surface area is 169 Å². The van der Waals surface area contributed by atoms with Gasteiger partial charge in [0.25, 0.3) is 5.91 Å². The fourth-order valence-corrected chi connectivity index (χ4v) is 3.78. The summed E-state index contributed by atoms with van der Waals surface area (Å²) in [6.45, 7) is 5.19. The highest BCUT2D eigenvalue weighted by Gasteiger charge is 2.27. The highest BCUT2D eigenvalue weighted by Crippen LogP contribution is 2.30. The average Bonchev–Trinajstić information content (AvgIpc) is 3.40. The van der Waals surface area contributed by atoms with Gasteiger partial charge >= 0.3 is 0 Å². The molecule has 152 valence electrons. The molecular formula is C21H26N6O2. The summed E-state index contributed by atoms with van der Waals surface area (Å²) in [5.74, 6) is 1.35. The Morgan fingerprint density at radius 2 is 2.28 bits per heavy atom. The molecule has 3 aromatic heterocycles. The van der Waals surface area contributed by atoms with Crippen LogP contribution in [0.1, 0.15) is 54.9 Å². The van der Waals surface area contributed by atoms with Crippen molar-refractivity contribution < 1.29 is 9.90 Å². The van der Waals surface area contributed by atoms with Crippen LogP contribution in [0.25, 0.3) is 5.65 Å². The summed E-state index contributed by atoms with van der Waals surface area (Å²) in [6.07, 6.45) is 7.89. The van der Waals surface area contributed by atoms with Gasteiger partial charge < -0.3 is 15.3 Å². The SMILES string of the molecule is CCC(C)c1cnn2c(NC(=O)c3cccnc3)cc(N3CCCC3CO)nc12. The molecule has 1 aliphatic rings. The second-order valence-electron chi connectivity index (χ2n) is 7.51. The van der Waals surface area contributed by atoms with Gasteiger partial charge in [-0.25, -0.2) is 4.98 Å². The maximum absolute atomic E-state index is 12.7. The number of hydrogen-bond donors (Lipinski definition) is 2. The van der Waals surface area contributed by atoms with Crippen molar-refractivity contribution in [3.8, 4) is 0 Å². The van der Waals surface area contributed by atoms with Crippen molar-refractivity contribution >= 4 is 23.2 Å². The minimum atomic E-state index is -0.253. The molecule has 2 N–H and O–H groups in total. The fourth-order valence-electron chi connectivity index (χ4n) is 3.78. The molecule has 0 radical (unpaired) electrons. The van der Waals surface area contributed by atoms with Crippen LogP contribution in [0.3, 0.4) is 0 Å². The second-order valence-corrected chi connectivity index (χ2v) is 7.51. The first-order valence-electron chi connectivity index (χ1n) is 10.1. The Morgan fingerprint density at radius 3 is 3.00 bits per heavy atom. The van der Waals surface area contributed by atoms with E-state index in [0.29, 0.717) is 17.3 Å². The van der Waals surface area contributed by atoms with Gasteiger partial charge in [0.05, 0.1) is 24.4 Å². The number of nitrogens with zero attached hydrogens (tertiary/aromatic N) is 5. The molecule has 0 aromatic carbocycles. The maximum Gasteiger partial charge on any atom is 0.258 e. The van der Waals surface area contributed by atoms with E-state index in [1.165, 1.54) is 6.20 Å². The molecule has 0 aliphatic carbocycles. The summed E-state index contributed by atoms with van der Waals surface area (Å²) in [4.78, 5) is 23.8. The molecule has 0 saturated carbocycles. The van der Waals surface area contributed by atoms with E-state index in [2.05, 4.69) is 34.1 Å². The zero-order chi connectivity index (χ0) is 20.4. The summed E-state index contributed by atoms with van der Waals surface area (Å²) < 4.78 is 1.68. The van der Waals surface area contributed by atoms with Crippen molar-refractivity contribution in [1.82, 2.24) is 19.6 Å². The van der Waals surface area contributed by atoms with Gasteiger partial charge in [0.1, 0.15) is 11.6 Å². The van der Waals surface area contributed by atoms with Crippen LogP contribution in [-0.2, 0) is 0 Å². The summed E-state index contributed by atoms with van der Waals surface area (Å²) in [7, 11) is 0. The second kappa shape index (κ2) is 8.16. The largest absolute Gasteiger partial charge is 0.394 e. The van der Waals surface area contributed by atoms with Crippen molar-refractivity contribution in [2.75, 3.05) is 23.4 Å². The van der Waals surface area contributed by atoms with E-state index < -0.39 is 0 Å². The number of rotatable bonds is 6. The first-order chi connectivity index (χ1) is 14.1. The smallest absolute Gasteiger partial charge is 0.258 e. The molecule has 2 unspecified atom stereocenters. The molecule has 4 heterocycles. The molecule has 0 spiro atoms. The number of aliphatic hydroxyl groups excluding tert-OH is 1. The Kier molecular flexibility index (Phi) is 5.44. The highest BCUT2D eigenvalue weighted by molar-refractivity contribution is 6.03. The molecule has 3 aromatic rings. The summed E-state index contributed by atoms with van der Waals surface area (Å²) in [5, 5.41) is 17.2. The number of nitrogens with one attached hydrogen (secondary N) is 1. The van der Waals surface area contributed by atoms with Gasteiger partial charge in [0.2, 0.25) is 0 Å². The zero-order valence-electron chi connectivity index (χ0n) is 16.7. The van der Waals surface area contributed by atoms with Crippen molar-refractivity contribution in [2.24, 2.45) is 0 Å². The number of fused-ring (bicyclic) bond motifs is 1. The topological polar surface area (TPSA) is 95.7 Å². The Hall–Kier alpha value is -3.00. The van der Waals surface area contributed by atoms with E-state index in [-0.39, 0.29) is 18.6 Å². The number of aromatic nitrogens is 4. The minimum absolute atomic E-state index is 0.0433. The van der Waals surface area contributed by atoms with E-state index in [1.807, 2.05) is 12.3 Å². The third kappa shape index (κ3) is 3.67. The molecule has 29 heavy (non-hydrogen) atoms. The van der Waals surface area contributed by atoms with Crippen LogP contribution in [0.15, 0.2) is 36.8 Å². The van der Waals surface area contributed by atoms with Gasteiger partial charge in [-0.1, -0.05) is 13.8 Å². The van der Waals surface area contributed by atoms with E-state index >= 15 is 0 Å². The molecule has 8 heteroatoms. The molecule has 2 atom stereocenters. The summed E-state index contributed by atoms with van der Waals surface area (Å²) >= 11 is 0. The highest BCUT2D eigenvalue weighted by atomic mass is 16.3. The lowest BCUT2D eigenvalue weighted by atomic mass is 10.0. The zero-order valence-corrected chi connectivity index (χ0v) is 16.7. The molecule has 8 nitrogen and oxygen atoms in total. The molecular weight excluding hydrogens is 368 g/mol. The van der Waals surface area contributed by atoms with Gasteiger partial charge in [-0.15, -0.1) is 0 Å². The quantitative estimate of drug-likeness (QED) is 0.667. The molecule has 0 bridgehead atoms. The standard InChI is InChI=1S/C21H26N6O2/c1-3-14(2)17-12-23-27-19(25-21(29)15-6-4-8-22-11-15)10-18(24-20(17)27)26-9-5-7-16(26)13-28/h4,6,8,10-12,14,16,28H,3,5,7,9,13H2,1-2H3,(H,25,29). The number of hydrogen-bond acceptors (Lipinski definition) is 6. The lowest BCUT2D eigenvalue weighted by Gasteiger charge is -2.25. The number of aliphatic hydroxyl groups is 1. The van der Waals surface area contributed by atoms with Crippen molar-refractivity contribution in [3.05, 3.63) is 47.9 Å². The Balaban J connectivity index is 1.79. The van der Waals surface area contributed by atoms with Crippen molar-refractivity contribution in [3.63, 3.8) is 0 Å². The van der Waals surface area contributed by atoms with Crippen LogP contribution in [0.4, 0.5) is 11.6 Å². The number of carbonyl (C=O) groups excluding carboxylic acids is 1. The molecule has 1 fully saturated rings. The van der Waals surface area contributed by atoms with E-state index in [0.717, 1.165) is 42.8 Å². The lowest BCUT2D eigenvalue weighted by Crippen LogP contribution is -2.33. The summed E-state index contributed by atoms with van der Waals surface area (Å²) in [6, 6.07) is 5.33. The van der Waals surface area contributed by atoms with Crippen LogP contribution in [0.5, 0.6) is 0 Å². The third-order valence-corrected chi connectivity index (χ3v) is 5.68. The number of pyridine rings is 1. The van der Waals surface area contributed by atoms with Crippen LogP contribution in [0.2, 0.25) is 0 Å². The van der Waals surface area contributed by atoms with Gasteiger partial charge in [0.15, 0.2) is 5.65 Å². The number of anilines is 2. The molecule has 1 aliphatic heterocycles. The number of amides is 1. The Morgan fingerprint density at radius 1 is 1.41 bits per heavy atom. The van der Waals surface area contributed by atoms with E-state index in [9.17, 15) is 9.90 Å². The van der Waals surface area contributed by atoms with Crippen molar-refractivity contribution in [2.45, 2.75) is 45.1 Å². The van der Waals surface area contributed by atoms with E-state index in [4.69, 9.17) is 4.98 Å². The van der Waals surface area contributed by atoms with Crippen LogP contribution in [0, 0.1) is 0 Å². The van der Waals surface area contributed by atoms with Gasteiger partial charge in [-0.3, -0.25) is 9.78 Å². The summed E-state index contributed by atoms with van der Waals surface area (Å²) in [5.41, 5.74) is 2.26. The monoisotopic (exact) mass is 394 g/mol.